The zero-order valence-electron chi connectivity index (χ0n) is 10.6. The molecule has 98 valence electrons. The standard InChI is InChI=1S/C14H19NO3/c1-18-13-7-5-10(6-8-13)11-3-2-4-12(9-11)15-14(16)17/h5-8,11-12,15H,2-4,9H2,1H3,(H,16,17). The number of hydrogen-bond donors (Lipinski definition) is 2. The average Bonchev–Trinajstić information content (AvgIpc) is 2.38. The van der Waals surface area contributed by atoms with Gasteiger partial charge in [-0.05, 0) is 42.9 Å². The van der Waals surface area contributed by atoms with E-state index in [2.05, 4.69) is 17.4 Å². The topological polar surface area (TPSA) is 58.6 Å². The van der Waals surface area contributed by atoms with Crippen molar-refractivity contribution in [2.45, 2.75) is 37.6 Å². The largest absolute Gasteiger partial charge is 0.497 e. The van der Waals surface area contributed by atoms with Gasteiger partial charge < -0.3 is 15.2 Å². The van der Waals surface area contributed by atoms with Crippen LogP contribution in [-0.2, 0) is 0 Å². The molecule has 1 amide bonds. The Hall–Kier alpha value is -1.71. The predicted molar refractivity (Wildman–Crippen MR) is 69.2 cm³/mol. The summed E-state index contributed by atoms with van der Waals surface area (Å²) in [5, 5.41) is 11.4. The second kappa shape index (κ2) is 5.76. The Kier molecular flexibility index (Phi) is 4.07. The summed E-state index contributed by atoms with van der Waals surface area (Å²) >= 11 is 0. The van der Waals surface area contributed by atoms with E-state index in [0.717, 1.165) is 31.4 Å². The SMILES string of the molecule is COc1ccc(C2CCCC(NC(=O)O)C2)cc1. The van der Waals surface area contributed by atoms with Gasteiger partial charge in [-0.3, -0.25) is 0 Å². The maximum absolute atomic E-state index is 10.7. The summed E-state index contributed by atoms with van der Waals surface area (Å²) in [6.07, 6.45) is 3.11. The molecule has 0 bridgehead atoms. The van der Waals surface area contributed by atoms with Crippen molar-refractivity contribution >= 4 is 6.09 Å². The summed E-state index contributed by atoms with van der Waals surface area (Å²) in [6.45, 7) is 0. The third kappa shape index (κ3) is 3.15. The Morgan fingerprint density at radius 2 is 2.06 bits per heavy atom. The molecule has 1 fully saturated rings. The van der Waals surface area contributed by atoms with Crippen LogP contribution in [-0.4, -0.2) is 24.4 Å². The van der Waals surface area contributed by atoms with Crippen LogP contribution < -0.4 is 10.1 Å². The number of amides is 1. The first-order valence-corrected chi connectivity index (χ1v) is 6.32. The summed E-state index contributed by atoms with van der Waals surface area (Å²) in [4.78, 5) is 10.7. The van der Waals surface area contributed by atoms with Gasteiger partial charge in [-0.25, -0.2) is 4.79 Å². The molecular weight excluding hydrogens is 230 g/mol. The monoisotopic (exact) mass is 249 g/mol. The molecule has 2 rings (SSSR count). The fourth-order valence-electron chi connectivity index (χ4n) is 2.67. The zero-order valence-corrected chi connectivity index (χ0v) is 10.6. The maximum atomic E-state index is 10.7. The van der Waals surface area contributed by atoms with Crippen molar-refractivity contribution in [1.82, 2.24) is 5.32 Å². The molecule has 0 spiro atoms. The fourth-order valence-corrected chi connectivity index (χ4v) is 2.67. The molecule has 1 aromatic carbocycles. The minimum absolute atomic E-state index is 0.0864. The molecule has 1 aromatic rings. The van der Waals surface area contributed by atoms with Gasteiger partial charge in [-0.1, -0.05) is 18.6 Å². The van der Waals surface area contributed by atoms with Gasteiger partial charge in [0, 0.05) is 6.04 Å². The number of nitrogens with one attached hydrogen (secondary N) is 1. The van der Waals surface area contributed by atoms with Gasteiger partial charge in [0.1, 0.15) is 5.75 Å². The molecule has 0 aromatic heterocycles. The molecule has 0 heterocycles. The van der Waals surface area contributed by atoms with E-state index in [4.69, 9.17) is 9.84 Å². The van der Waals surface area contributed by atoms with Crippen LogP contribution in [0.4, 0.5) is 4.79 Å². The molecule has 1 aliphatic carbocycles. The molecular formula is C14H19NO3. The Morgan fingerprint density at radius 3 is 2.67 bits per heavy atom. The Morgan fingerprint density at radius 1 is 1.33 bits per heavy atom. The number of rotatable bonds is 3. The first-order chi connectivity index (χ1) is 8.69. The minimum Gasteiger partial charge on any atom is -0.497 e. The molecule has 4 heteroatoms. The van der Waals surface area contributed by atoms with Crippen molar-refractivity contribution in [3.63, 3.8) is 0 Å². The summed E-state index contributed by atoms with van der Waals surface area (Å²) in [5.41, 5.74) is 1.27. The predicted octanol–water partition coefficient (Wildman–Crippen LogP) is 2.99. The van der Waals surface area contributed by atoms with Crippen LogP contribution >= 0.6 is 0 Å². The van der Waals surface area contributed by atoms with Gasteiger partial charge >= 0.3 is 6.09 Å². The van der Waals surface area contributed by atoms with E-state index in [9.17, 15) is 4.79 Å². The highest BCUT2D eigenvalue weighted by Crippen LogP contribution is 2.33. The normalized spacial score (nSPS) is 23.4. The van der Waals surface area contributed by atoms with Crippen LogP contribution in [0.25, 0.3) is 0 Å². The van der Waals surface area contributed by atoms with Gasteiger partial charge in [0.05, 0.1) is 7.11 Å². The number of benzene rings is 1. The van der Waals surface area contributed by atoms with E-state index in [1.54, 1.807) is 7.11 Å². The van der Waals surface area contributed by atoms with Crippen LogP contribution in [0, 0.1) is 0 Å². The van der Waals surface area contributed by atoms with Gasteiger partial charge in [0.25, 0.3) is 0 Å². The highest BCUT2D eigenvalue weighted by Gasteiger charge is 2.24. The van der Waals surface area contributed by atoms with E-state index in [1.165, 1.54) is 5.56 Å². The van der Waals surface area contributed by atoms with E-state index in [0.29, 0.717) is 5.92 Å². The van der Waals surface area contributed by atoms with Crippen molar-refractivity contribution in [2.75, 3.05) is 7.11 Å². The second-order valence-electron chi connectivity index (χ2n) is 4.78. The van der Waals surface area contributed by atoms with Gasteiger partial charge in [-0.2, -0.15) is 0 Å². The van der Waals surface area contributed by atoms with Crippen molar-refractivity contribution in [3.8, 4) is 5.75 Å². The van der Waals surface area contributed by atoms with Crippen LogP contribution in [0.5, 0.6) is 5.75 Å². The third-order valence-electron chi connectivity index (χ3n) is 3.59. The lowest BCUT2D eigenvalue weighted by atomic mass is 9.81. The van der Waals surface area contributed by atoms with E-state index >= 15 is 0 Å². The zero-order chi connectivity index (χ0) is 13.0. The Labute approximate surface area is 107 Å². The Balaban J connectivity index is 2.01. The van der Waals surface area contributed by atoms with Crippen molar-refractivity contribution in [2.24, 2.45) is 0 Å². The molecule has 0 radical (unpaired) electrons. The molecule has 4 nitrogen and oxygen atoms in total. The van der Waals surface area contributed by atoms with Crippen molar-refractivity contribution < 1.29 is 14.6 Å². The summed E-state index contributed by atoms with van der Waals surface area (Å²) < 4.78 is 5.14. The number of hydrogen-bond acceptors (Lipinski definition) is 2. The molecule has 1 saturated carbocycles. The van der Waals surface area contributed by atoms with E-state index < -0.39 is 6.09 Å². The van der Waals surface area contributed by atoms with Crippen LogP contribution in [0.15, 0.2) is 24.3 Å². The second-order valence-corrected chi connectivity index (χ2v) is 4.78. The average molecular weight is 249 g/mol. The van der Waals surface area contributed by atoms with Crippen LogP contribution in [0.1, 0.15) is 37.2 Å². The van der Waals surface area contributed by atoms with Crippen LogP contribution in [0.2, 0.25) is 0 Å². The first kappa shape index (κ1) is 12.7. The number of methoxy groups -OCH3 is 1. The molecule has 18 heavy (non-hydrogen) atoms. The van der Waals surface area contributed by atoms with E-state index in [-0.39, 0.29) is 6.04 Å². The summed E-state index contributed by atoms with van der Waals surface area (Å²) in [7, 11) is 1.66. The lowest BCUT2D eigenvalue weighted by Gasteiger charge is -2.29. The molecule has 2 unspecified atom stereocenters. The molecule has 0 aliphatic heterocycles. The highest BCUT2D eigenvalue weighted by atomic mass is 16.5. The summed E-state index contributed by atoms with van der Waals surface area (Å²) in [5.74, 6) is 1.30. The minimum atomic E-state index is -0.921. The first-order valence-electron chi connectivity index (χ1n) is 6.32. The fraction of sp³-hybridized carbons (Fsp3) is 0.500. The molecule has 2 N–H and O–H groups in total. The van der Waals surface area contributed by atoms with Crippen molar-refractivity contribution in [1.29, 1.82) is 0 Å². The number of carboxylic acid groups (broad SMARTS) is 1. The lowest BCUT2D eigenvalue weighted by molar-refractivity contribution is 0.184. The lowest BCUT2D eigenvalue weighted by Crippen LogP contribution is -2.36. The van der Waals surface area contributed by atoms with Gasteiger partial charge in [0.15, 0.2) is 0 Å². The number of ether oxygens (including phenoxy) is 1. The number of carbonyl (C=O) groups is 1. The van der Waals surface area contributed by atoms with Crippen molar-refractivity contribution in [3.05, 3.63) is 29.8 Å². The van der Waals surface area contributed by atoms with E-state index in [1.807, 2.05) is 12.1 Å². The molecule has 2 atom stereocenters. The van der Waals surface area contributed by atoms with Gasteiger partial charge in [0.2, 0.25) is 0 Å². The maximum Gasteiger partial charge on any atom is 0.404 e. The molecule has 1 aliphatic rings. The summed E-state index contributed by atoms with van der Waals surface area (Å²) in [6, 6.07) is 8.16. The molecule has 0 saturated heterocycles. The smallest absolute Gasteiger partial charge is 0.404 e. The highest BCUT2D eigenvalue weighted by molar-refractivity contribution is 5.64. The van der Waals surface area contributed by atoms with Gasteiger partial charge in [-0.15, -0.1) is 0 Å². The Bertz CT molecular complexity index is 402. The quantitative estimate of drug-likeness (QED) is 0.865. The van der Waals surface area contributed by atoms with Crippen LogP contribution in [0.3, 0.4) is 0 Å². The third-order valence-corrected chi connectivity index (χ3v) is 3.59.